The van der Waals surface area contributed by atoms with Crippen molar-refractivity contribution < 1.29 is 13.5 Å². The van der Waals surface area contributed by atoms with E-state index in [1.165, 1.54) is 0 Å². The van der Waals surface area contributed by atoms with E-state index in [-0.39, 0.29) is 17.5 Å². The van der Waals surface area contributed by atoms with Crippen molar-refractivity contribution in [1.82, 2.24) is 5.32 Å². The van der Waals surface area contributed by atoms with E-state index in [0.717, 1.165) is 9.35 Å². The Hall–Kier alpha value is 0.0500. The first-order valence-electron chi connectivity index (χ1n) is 4.82. The summed E-state index contributed by atoms with van der Waals surface area (Å²) >= 11 is 5.00. The molecule has 2 unspecified atom stereocenters. The van der Waals surface area contributed by atoms with Crippen LogP contribution in [-0.2, 0) is 16.4 Å². The fourth-order valence-electron chi connectivity index (χ4n) is 1.70. The summed E-state index contributed by atoms with van der Waals surface area (Å²) in [5.41, 5.74) is 0. The summed E-state index contributed by atoms with van der Waals surface area (Å²) in [7, 11) is -3.07. The number of hydrogen-bond donors (Lipinski definition) is 2. The number of aliphatic hydroxyl groups is 1. The molecule has 1 aliphatic rings. The predicted molar refractivity (Wildman–Crippen MR) is 67.3 cm³/mol. The number of aliphatic hydroxyl groups excluding tert-OH is 1. The molecule has 1 aromatic rings. The van der Waals surface area contributed by atoms with Crippen LogP contribution in [0.1, 0.15) is 4.88 Å². The molecule has 0 bridgehead atoms. The highest BCUT2D eigenvalue weighted by atomic mass is 79.9. The van der Waals surface area contributed by atoms with Crippen LogP contribution in [0.25, 0.3) is 0 Å². The van der Waals surface area contributed by atoms with E-state index in [4.69, 9.17) is 0 Å². The maximum atomic E-state index is 11.3. The molecule has 2 atom stereocenters. The van der Waals surface area contributed by atoms with Crippen LogP contribution in [0, 0.1) is 0 Å². The van der Waals surface area contributed by atoms with E-state index < -0.39 is 15.9 Å². The van der Waals surface area contributed by atoms with Crippen molar-refractivity contribution in [3.8, 4) is 0 Å². The van der Waals surface area contributed by atoms with Crippen LogP contribution in [-0.4, -0.2) is 37.2 Å². The maximum Gasteiger partial charge on any atom is 0.154 e. The van der Waals surface area contributed by atoms with Gasteiger partial charge in [-0.1, -0.05) is 0 Å². The van der Waals surface area contributed by atoms with Crippen LogP contribution < -0.4 is 5.32 Å². The van der Waals surface area contributed by atoms with E-state index in [1.54, 1.807) is 11.3 Å². The third-order valence-electron chi connectivity index (χ3n) is 2.54. The molecule has 0 spiro atoms. The summed E-state index contributed by atoms with van der Waals surface area (Å²) in [6.07, 6.45) is -0.788. The number of nitrogens with one attached hydrogen (secondary N) is 1. The van der Waals surface area contributed by atoms with Crippen molar-refractivity contribution in [2.45, 2.75) is 18.7 Å². The zero-order chi connectivity index (χ0) is 11.8. The van der Waals surface area contributed by atoms with Gasteiger partial charge < -0.3 is 10.4 Å². The van der Waals surface area contributed by atoms with Gasteiger partial charge >= 0.3 is 0 Å². The van der Waals surface area contributed by atoms with Gasteiger partial charge in [-0.15, -0.1) is 11.3 Å². The highest BCUT2D eigenvalue weighted by Gasteiger charge is 2.35. The minimum atomic E-state index is -3.07. The number of hydrogen-bond acceptors (Lipinski definition) is 5. The van der Waals surface area contributed by atoms with Gasteiger partial charge in [-0.25, -0.2) is 8.42 Å². The van der Waals surface area contributed by atoms with Crippen molar-refractivity contribution in [3.63, 3.8) is 0 Å². The minimum Gasteiger partial charge on any atom is -0.390 e. The van der Waals surface area contributed by atoms with Crippen molar-refractivity contribution in [2.24, 2.45) is 0 Å². The largest absolute Gasteiger partial charge is 0.390 e. The second-order valence-electron chi connectivity index (χ2n) is 3.82. The average Bonchev–Trinajstić information content (AvgIpc) is 2.67. The summed E-state index contributed by atoms with van der Waals surface area (Å²) < 4.78 is 23.6. The summed E-state index contributed by atoms with van der Waals surface area (Å²) in [5.74, 6) is -0.104. The summed E-state index contributed by atoms with van der Waals surface area (Å²) in [6, 6.07) is 1.60. The van der Waals surface area contributed by atoms with Gasteiger partial charge in [0.1, 0.15) is 0 Å². The van der Waals surface area contributed by atoms with Gasteiger partial charge in [-0.3, -0.25) is 0 Å². The second kappa shape index (κ2) is 4.73. The average molecular weight is 326 g/mol. The topological polar surface area (TPSA) is 66.4 Å². The summed E-state index contributed by atoms with van der Waals surface area (Å²) in [6.45, 7) is 0.579. The van der Waals surface area contributed by atoms with Crippen LogP contribution in [0.5, 0.6) is 0 Å². The molecular weight excluding hydrogens is 314 g/mol. The molecule has 1 aromatic heterocycles. The van der Waals surface area contributed by atoms with Gasteiger partial charge in [0.05, 0.1) is 17.6 Å². The highest BCUT2D eigenvalue weighted by molar-refractivity contribution is 9.10. The van der Waals surface area contributed by atoms with Crippen LogP contribution in [0.4, 0.5) is 0 Å². The lowest BCUT2D eigenvalue weighted by atomic mass is 10.2. The van der Waals surface area contributed by atoms with Gasteiger partial charge in [0.15, 0.2) is 9.84 Å². The fourth-order valence-corrected chi connectivity index (χ4v) is 4.92. The Bertz CT molecular complexity index is 471. The number of rotatable bonds is 3. The molecule has 2 N–H and O–H groups in total. The molecular formula is C9H12BrNO3S2. The normalized spacial score (nSPS) is 28.4. The van der Waals surface area contributed by atoms with Gasteiger partial charge in [0, 0.05) is 21.9 Å². The van der Waals surface area contributed by atoms with Crippen molar-refractivity contribution in [2.75, 3.05) is 11.5 Å². The van der Waals surface area contributed by atoms with Gasteiger partial charge in [0.25, 0.3) is 0 Å². The van der Waals surface area contributed by atoms with E-state index in [9.17, 15) is 13.5 Å². The van der Waals surface area contributed by atoms with Gasteiger partial charge in [0.2, 0.25) is 0 Å². The Morgan fingerprint density at radius 3 is 2.81 bits per heavy atom. The van der Waals surface area contributed by atoms with Gasteiger partial charge in [-0.05, 0) is 27.4 Å². The maximum absolute atomic E-state index is 11.3. The highest BCUT2D eigenvalue weighted by Crippen LogP contribution is 2.23. The first-order chi connectivity index (χ1) is 7.48. The predicted octanol–water partition coefficient (Wildman–Crippen LogP) is 0.758. The Balaban J connectivity index is 1.95. The van der Waals surface area contributed by atoms with Gasteiger partial charge in [-0.2, -0.15) is 0 Å². The smallest absolute Gasteiger partial charge is 0.154 e. The Morgan fingerprint density at radius 1 is 1.56 bits per heavy atom. The third kappa shape index (κ3) is 2.84. The molecule has 0 radical (unpaired) electrons. The quantitative estimate of drug-likeness (QED) is 0.861. The molecule has 0 aliphatic carbocycles. The lowest BCUT2D eigenvalue weighted by molar-refractivity contribution is 0.165. The molecule has 7 heteroatoms. The lowest BCUT2D eigenvalue weighted by Gasteiger charge is -2.14. The Kier molecular flexibility index (Phi) is 3.70. The Labute approximate surface area is 107 Å². The van der Waals surface area contributed by atoms with Crippen molar-refractivity contribution >= 4 is 37.1 Å². The summed E-state index contributed by atoms with van der Waals surface area (Å²) in [4.78, 5) is 1.11. The minimum absolute atomic E-state index is 0.0250. The molecule has 1 saturated heterocycles. The van der Waals surface area contributed by atoms with E-state index in [2.05, 4.69) is 21.2 Å². The molecule has 1 aliphatic heterocycles. The van der Waals surface area contributed by atoms with Crippen molar-refractivity contribution in [3.05, 3.63) is 20.8 Å². The molecule has 16 heavy (non-hydrogen) atoms. The second-order valence-corrected chi connectivity index (χ2v) is 7.83. The van der Waals surface area contributed by atoms with Crippen LogP contribution >= 0.6 is 27.3 Å². The first-order valence-corrected chi connectivity index (χ1v) is 8.31. The molecule has 90 valence electrons. The fraction of sp³-hybridized carbons (Fsp3) is 0.556. The van der Waals surface area contributed by atoms with E-state index >= 15 is 0 Å². The zero-order valence-electron chi connectivity index (χ0n) is 8.39. The van der Waals surface area contributed by atoms with Crippen molar-refractivity contribution in [1.29, 1.82) is 0 Å². The Morgan fingerprint density at radius 2 is 2.31 bits per heavy atom. The van der Waals surface area contributed by atoms with Crippen LogP contribution in [0.3, 0.4) is 0 Å². The molecule has 2 heterocycles. The number of halogens is 1. The SMILES string of the molecule is O=S1(=O)CC(O)C(NCc2sccc2Br)C1. The number of sulfone groups is 1. The van der Waals surface area contributed by atoms with Crippen LogP contribution in [0.15, 0.2) is 15.9 Å². The molecule has 0 saturated carbocycles. The molecule has 0 aromatic carbocycles. The third-order valence-corrected chi connectivity index (χ3v) is 6.18. The molecule has 4 nitrogen and oxygen atoms in total. The standard InChI is InChI=1S/C9H12BrNO3S2/c10-6-1-2-15-9(6)3-11-7-4-16(13,14)5-8(7)12/h1-2,7-8,11-12H,3-5H2. The molecule has 1 fully saturated rings. The first kappa shape index (κ1) is 12.5. The molecule has 2 rings (SSSR count). The van der Waals surface area contributed by atoms with Crippen LogP contribution in [0.2, 0.25) is 0 Å². The lowest BCUT2D eigenvalue weighted by Crippen LogP contribution is -2.38. The van der Waals surface area contributed by atoms with E-state index in [1.807, 2.05) is 11.4 Å². The number of thiophene rings is 1. The van der Waals surface area contributed by atoms with E-state index in [0.29, 0.717) is 6.54 Å². The molecule has 0 amide bonds. The summed E-state index contributed by atoms with van der Waals surface area (Å²) in [5, 5.41) is 14.6. The zero-order valence-corrected chi connectivity index (χ0v) is 11.6. The monoisotopic (exact) mass is 325 g/mol.